The lowest BCUT2D eigenvalue weighted by Gasteiger charge is -2.23. The molecule has 1 N–H and O–H groups in total. The van der Waals surface area contributed by atoms with Gasteiger partial charge >= 0.3 is 6.18 Å². The van der Waals surface area contributed by atoms with Crippen LogP contribution in [0, 0.1) is 5.92 Å². The molecule has 8 nitrogen and oxygen atoms in total. The van der Waals surface area contributed by atoms with Crippen molar-refractivity contribution in [3.63, 3.8) is 0 Å². The Morgan fingerprint density at radius 1 is 1.28 bits per heavy atom. The predicted octanol–water partition coefficient (Wildman–Crippen LogP) is 3.91. The number of benzene rings is 1. The summed E-state index contributed by atoms with van der Waals surface area (Å²) in [5, 5.41) is 13.7. The first kappa shape index (κ1) is 22.2. The van der Waals surface area contributed by atoms with Gasteiger partial charge in [0.15, 0.2) is 0 Å². The van der Waals surface area contributed by atoms with Gasteiger partial charge in [-0.2, -0.15) is 27.3 Å². The summed E-state index contributed by atoms with van der Waals surface area (Å²) in [4.78, 5) is 17.6. The average Bonchev–Trinajstić information content (AvgIpc) is 3.43. The second-order valence-electron chi connectivity index (χ2n) is 7.47. The third-order valence-corrected chi connectivity index (χ3v) is 5.77. The first-order chi connectivity index (χ1) is 15.0. The smallest absolute Gasteiger partial charge is 0.300 e. The number of aromatic nitrogens is 6. The third kappa shape index (κ3) is 4.74. The number of alkyl halides is 5. The number of halogens is 5. The minimum absolute atomic E-state index is 0.0997. The van der Waals surface area contributed by atoms with E-state index in [4.69, 9.17) is 0 Å². The van der Waals surface area contributed by atoms with Crippen molar-refractivity contribution in [2.24, 2.45) is 13.0 Å². The summed E-state index contributed by atoms with van der Waals surface area (Å²) in [7, 11) is 1.60. The predicted molar refractivity (Wildman–Crippen MR) is 103 cm³/mol. The second-order valence-corrected chi connectivity index (χ2v) is 8.22. The lowest BCUT2D eigenvalue weighted by Crippen LogP contribution is -2.27. The van der Waals surface area contributed by atoms with Gasteiger partial charge in [0.2, 0.25) is 28.6 Å². The maximum Gasteiger partial charge on any atom is 0.452 e. The highest BCUT2D eigenvalue weighted by molar-refractivity contribution is 7.09. The molecule has 32 heavy (non-hydrogen) atoms. The number of tetrazole rings is 1. The number of amides is 1. The van der Waals surface area contributed by atoms with Crippen molar-refractivity contribution in [1.29, 1.82) is 0 Å². The van der Waals surface area contributed by atoms with Crippen LogP contribution in [0.4, 0.5) is 27.1 Å². The van der Waals surface area contributed by atoms with Crippen molar-refractivity contribution < 1.29 is 26.7 Å². The molecule has 2 heterocycles. The van der Waals surface area contributed by atoms with Crippen LogP contribution in [0.15, 0.2) is 24.3 Å². The van der Waals surface area contributed by atoms with E-state index in [0.29, 0.717) is 28.5 Å². The fourth-order valence-corrected chi connectivity index (χ4v) is 4.31. The van der Waals surface area contributed by atoms with E-state index in [1.165, 1.54) is 4.80 Å². The van der Waals surface area contributed by atoms with Gasteiger partial charge in [-0.3, -0.25) is 4.79 Å². The Bertz CT molecular complexity index is 1110. The van der Waals surface area contributed by atoms with E-state index in [-0.39, 0.29) is 18.0 Å². The number of aryl methyl sites for hydroxylation is 1. The van der Waals surface area contributed by atoms with Gasteiger partial charge in [-0.1, -0.05) is 24.3 Å². The maximum atomic E-state index is 13.9. The molecular weight excluding hydrogens is 457 g/mol. The fourth-order valence-electron chi connectivity index (χ4n) is 3.72. The van der Waals surface area contributed by atoms with Crippen LogP contribution >= 0.6 is 11.5 Å². The molecule has 3 aromatic rings. The van der Waals surface area contributed by atoms with Crippen LogP contribution in [0.5, 0.6) is 0 Å². The number of nitrogens with zero attached hydrogens (tertiary/aromatic N) is 6. The zero-order valence-corrected chi connectivity index (χ0v) is 17.3. The third-order valence-electron chi connectivity index (χ3n) is 5.14. The molecule has 2 atom stereocenters. The lowest BCUT2D eigenvalue weighted by atomic mass is 9.83. The van der Waals surface area contributed by atoms with Crippen LogP contribution in [0.25, 0.3) is 11.4 Å². The van der Waals surface area contributed by atoms with Crippen molar-refractivity contribution in [1.82, 2.24) is 29.6 Å². The molecule has 0 aliphatic heterocycles. The Morgan fingerprint density at radius 2 is 2.00 bits per heavy atom. The van der Waals surface area contributed by atoms with Crippen LogP contribution in [0.2, 0.25) is 0 Å². The highest BCUT2D eigenvalue weighted by atomic mass is 32.1. The Kier molecular flexibility index (Phi) is 5.65. The van der Waals surface area contributed by atoms with Crippen LogP contribution in [0.1, 0.15) is 36.6 Å². The lowest BCUT2D eigenvalue weighted by molar-refractivity contribution is -0.144. The Balaban J connectivity index is 1.60. The van der Waals surface area contributed by atoms with Crippen LogP contribution in [-0.4, -0.2) is 41.4 Å². The number of carbonyl (C=O) groups is 1. The van der Waals surface area contributed by atoms with Crippen molar-refractivity contribution >= 4 is 22.6 Å². The minimum atomic E-state index is -4.75. The molecule has 0 spiro atoms. The summed E-state index contributed by atoms with van der Waals surface area (Å²) in [6, 6.07) is 6.44. The van der Waals surface area contributed by atoms with Gasteiger partial charge in [-0.05, 0) is 23.1 Å². The monoisotopic (exact) mass is 473 g/mol. The molecule has 1 aromatic carbocycles. The summed E-state index contributed by atoms with van der Waals surface area (Å²) < 4.78 is 69.2. The SMILES string of the molecule is Cn1nnc(-c2ccc(C(C(=O)Nc3nc(C(F)(F)F)ns3)C3CCC(F)(F)C3)cc2)n1. The normalized spacial score (nSPS) is 19.1. The first-order valence-electron chi connectivity index (χ1n) is 9.46. The molecule has 1 aliphatic carbocycles. The van der Waals surface area contributed by atoms with Gasteiger partial charge < -0.3 is 5.32 Å². The van der Waals surface area contributed by atoms with E-state index in [1.807, 2.05) is 0 Å². The summed E-state index contributed by atoms with van der Waals surface area (Å²) in [5.41, 5.74) is 1.05. The number of hydrogen-bond donors (Lipinski definition) is 1. The Labute approximate surface area is 182 Å². The van der Waals surface area contributed by atoms with Crippen molar-refractivity contribution in [3.05, 3.63) is 35.7 Å². The average molecular weight is 473 g/mol. The molecule has 4 rings (SSSR count). The summed E-state index contributed by atoms with van der Waals surface area (Å²) in [6.45, 7) is 0. The highest BCUT2D eigenvalue weighted by Gasteiger charge is 2.45. The molecule has 14 heteroatoms. The van der Waals surface area contributed by atoms with Crippen LogP contribution < -0.4 is 5.32 Å². The van der Waals surface area contributed by atoms with E-state index >= 15 is 0 Å². The maximum absolute atomic E-state index is 13.9. The zero-order chi connectivity index (χ0) is 23.1. The van der Waals surface area contributed by atoms with Crippen LogP contribution in [0.3, 0.4) is 0 Å². The van der Waals surface area contributed by atoms with E-state index in [1.54, 1.807) is 31.3 Å². The largest absolute Gasteiger partial charge is 0.452 e. The summed E-state index contributed by atoms with van der Waals surface area (Å²) in [5.74, 6) is -6.35. The number of anilines is 1. The van der Waals surface area contributed by atoms with Gasteiger partial charge in [0, 0.05) is 29.9 Å². The summed E-state index contributed by atoms with van der Waals surface area (Å²) in [6.07, 6.45) is -5.51. The number of hydrogen-bond acceptors (Lipinski definition) is 7. The Hall–Kier alpha value is -3.03. The standard InChI is InChI=1S/C18H16F5N7OS/c1-30-27-13(26-29-30)10-4-2-9(3-5-10)12(11-6-7-17(19,20)8-11)14(31)24-16-25-15(28-32-16)18(21,22)23/h2-5,11-12H,6-8H2,1H3,(H,24,25,28,31). The number of nitrogens with one attached hydrogen (secondary N) is 1. The van der Waals surface area contributed by atoms with Gasteiger partial charge in [-0.25, -0.2) is 8.78 Å². The van der Waals surface area contributed by atoms with Gasteiger partial charge in [-0.15, -0.1) is 10.2 Å². The molecular formula is C18H16F5N7OS. The Morgan fingerprint density at radius 3 is 2.53 bits per heavy atom. The van der Waals surface area contributed by atoms with Crippen LogP contribution in [-0.2, 0) is 18.0 Å². The van der Waals surface area contributed by atoms with Crippen molar-refractivity contribution in [3.8, 4) is 11.4 Å². The molecule has 1 aliphatic rings. The van der Waals surface area contributed by atoms with E-state index in [9.17, 15) is 26.7 Å². The molecule has 2 aromatic heterocycles. The quantitative estimate of drug-likeness (QED) is 0.565. The zero-order valence-electron chi connectivity index (χ0n) is 16.5. The second kappa shape index (κ2) is 8.15. The molecule has 1 fully saturated rings. The van der Waals surface area contributed by atoms with E-state index in [2.05, 4.69) is 30.1 Å². The molecule has 1 saturated carbocycles. The van der Waals surface area contributed by atoms with Crippen molar-refractivity contribution in [2.45, 2.75) is 37.3 Å². The van der Waals surface area contributed by atoms with E-state index < -0.39 is 42.1 Å². The molecule has 1 amide bonds. The van der Waals surface area contributed by atoms with Crippen molar-refractivity contribution in [2.75, 3.05) is 5.32 Å². The molecule has 0 bridgehead atoms. The highest BCUT2D eigenvalue weighted by Crippen LogP contribution is 2.46. The number of carbonyl (C=O) groups excluding carboxylic acids is 1. The topological polar surface area (TPSA) is 98.5 Å². The van der Waals surface area contributed by atoms with Gasteiger partial charge in [0.25, 0.3) is 0 Å². The van der Waals surface area contributed by atoms with E-state index in [0.717, 1.165) is 0 Å². The summed E-state index contributed by atoms with van der Waals surface area (Å²) >= 11 is 0.375. The first-order valence-corrected chi connectivity index (χ1v) is 10.2. The minimum Gasteiger partial charge on any atom is -0.300 e. The fraction of sp³-hybridized carbons (Fsp3) is 0.444. The van der Waals surface area contributed by atoms with Gasteiger partial charge in [0.1, 0.15) is 0 Å². The number of rotatable bonds is 5. The molecule has 2 unspecified atom stereocenters. The molecule has 0 radical (unpaired) electrons. The van der Waals surface area contributed by atoms with Gasteiger partial charge in [0.05, 0.1) is 13.0 Å². The molecule has 170 valence electrons. The molecule has 0 saturated heterocycles.